The number of allylic oxidation sites excluding steroid dienone is 1. The molecule has 2 N–H and O–H groups in total. The lowest BCUT2D eigenvalue weighted by Crippen LogP contribution is -2.46. The minimum atomic E-state index is -0.645. The van der Waals surface area contributed by atoms with Crippen LogP contribution in [-0.4, -0.2) is 24.1 Å². The second-order valence-corrected chi connectivity index (χ2v) is 6.55. The molecular weight excluding hydrogens is 338 g/mol. The number of benzene rings is 2. The highest BCUT2D eigenvalue weighted by Crippen LogP contribution is 2.07. The Labute approximate surface area is 160 Å². The molecule has 0 unspecified atom stereocenters. The number of hydrogen-bond donors (Lipinski definition) is 2. The third-order valence-electron chi connectivity index (χ3n) is 3.79. The zero-order chi connectivity index (χ0) is 19.5. The number of nitrogens with one attached hydrogen (secondary N) is 2. The molecule has 2 amide bonds. The molecule has 27 heavy (non-hydrogen) atoms. The van der Waals surface area contributed by atoms with E-state index in [1.807, 2.05) is 56.3 Å². The zero-order valence-corrected chi connectivity index (χ0v) is 15.6. The highest BCUT2D eigenvalue weighted by atomic mass is 16.2. The summed E-state index contributed by atoms with van der Waals surface area (Å²) in [6.45, 7) is 4.00. The van der Waals surface area contributed by atoms with Crippen molar-refractivity contribution in [1.29, 1.82) is 0 Å². The van der Waals surface area contributed by atoms with Crippen molar-refractivity contribution in [3.8, 4) is 0 Å². The van der Waals surface area contributed by atoms with Gasteiger partial charge in [-0.15, -0.1) is 0 Å². The summed E-state index contributed by atoms with van der Waals surface area (Å²) in [6, 6.07) is 18.0. The van der Waals surface area contributed by atoms with Gasteiger partial charge in [0.2, 0.25) is 0 Å². The van der Waals surface area contributed by atoms with Gasteiger partial charge in [-0.05, 0) is 36.1 Å². The molecule has 0 aliphatic heterocycles. The largest absolute Gasteiger partial charge is 0.340 e. The first kappa shape index (κ1) is 20.1. The van der Waals surface area contributed by atoms with E-state index in [9.17, 15) is 9.59 Å². The molecule has 0 bridgehead atoms. The van der Waals surface area contributed by atoms with Crippen LogP contribution in [-0.2, 0) is 4.79 Å². The minimum absolute atomic E-state index is 0.249. The number of nitrogens with zero attached hydrogens (tertiary/aromatic N) is 1. The van der Waals surface area contributed by atoms with Crippen LogP contribution in [0.4, 0.5) is 0 Å². The van der Waals surface area contributed by atoms with Crippen LogP contribution in [0, 0.1) is 5.92 Å². The second kappa shape index (κ2) is 10.7. The Bertz CT molecular complexity index is 784. The molecule has 0 fully saturated rings. The molecule has 0 heterocycles. The quantitative estimate of drug-likeness (QED) is 0.555. The Morgan fingerprint density at radius 1 is 1.00 bits per heavy atom. The Morgan fingerprint density at radius 3 is 2.26 bits per heavy atom. The highest BCUT2D eigenvalue weighted by Gasteiger charge is 2.22. The topological polar surface area (TPSA) is 70.6 Å². The predicted molar refractivity (Wildman–Crippen MR) is 109 cm³/mol. The average molecular weight is 363 g/mol. The van der Waals surface area contributed by atoms with Gasteiger partial charge in [-0.3, -0.25) is 9.59 Å². The smallest absolute Gasteiger partial charge is 0.262 e. The van der Waals surface area contributed by atoms with Crippen molar-refractivity contribution in [1.82, 2.24) is 10.7 Å². The summed E-state index contributed by atoms with van der Waals surface area (Å²) in [5, 5.41) is 6.72. The monoisotopic (exact) mass is 363 g/mol. The maximum atomic E-state index is 12.4. The summed E-state index contributed by atoms with van der Waals surface area (Å²) in [5.41, 5.74) is 4.06. The normalized spacial score (nSPS) is 12.4. The van der Waals surface area contributed by atoms with E-state index in [-0.39, 0.29) is 17.7 Å². The van der Waals surface area contributed by atoms with Gasteiger partial charge in [0.1, 0.15) is 6.04 Å². The van der Waals surface area contributed by atoms with Gasteiger partial charge in [0.05, 0.1) is 0 Å². The van der Waals surface area contributed by atoms with Gasteiger partial charge in [0.25, 0.3) is 11.8 Å². The van der Waals surface area contributed by atoms with Crippen molar-refractivity contribution < 1.29 is 9.59 Å². The molecular formula is C22H25N3O2. The van der Waals surface area contributed by atoms with Crippen LogP contribution in [0.1, 0.15) is 36.2 Å². The van der Waals surface area contributed by atoms with Crippen molar-refractivity contribution in [3.63, 3.8) is 0 Å². The summed E-state index contributed by atoms with van der Waals surface area (Å²) in [7, 11) is 0. The van der Waals surface area contributed by atoms with Gasteiger partial charge in [-0.2, -0.15) is 5.10 Å². The lowest BCUT2D eigenvalue weighted by atomic mass is 10.0. The molecule has 0 aromatic heterocycles. The van der Waals surface area contributed by atoms with E-state index in [1.54, 1.807) is 30.3 Å². The SMILES string of the molecule is CC(C)C[C@@H](NC(=O)c1ccccc1)C(=O)N/N=C\C=C/c1ccccc1. The van der Waals surface area contributed by atoms with E-state index in [1.165, 1.54) is 6.21 Å². The van der Waals surface area contributed by atoms with E-state index >= 15 is 0 Å². The number of hydrazone groups is 1. The maximum Gasteiger partial charge on any atom is 0.262 e. The first-order valence-electron chi connectivity index (χ1n) is 8.97. The number of carbonyl (C=O) groups is 2. The fraction of sp³-hybridized carbons (Fsp3) is 0.227. The highest BCUT2D eigenvalue weighted by molar-refractivity contribution is 5.97. The van der Waals surface area contributed by atoms with Crippen LogP contribution in [0.2, 0.25) is 0 Å². The summed E-state index contributed by atoms with van der Waals surface area (Å²) in [4.78, 5) is 24.7. The number of rotatable bonds is 8. The third-order valence-corrected chi connectivity index (χ3v) is 3.79. The molecule has 1 atom stereocenters. The fourth-order valence-electron chi connectivity index (χ4n) is 2.47. The van der Waals surface area contributed by atoms with Crippen molar-refractivity contribution >= 4 is 24.1 Å². The Hall–Kier alpha value is -3.21. The van der Waals surface area contributed by atoms with Crippen molar-refractivity contribution in [2.24, 2.45) is 11.0 Å². The van der Waals surface area contributed by atoms with E-state index in [0.717, 1.165) is 5.56 Å². The number of carbonyl (C=O) groups excluding carboxylic acids is 2. The molecule has 0 saturated heterocycles. The summed E-state index contributed by atoms with van der Waals surface area (Å²) < 4.78 is 0. The van der Waals surface area contributed by atoms with Crippen molar-refractivity contribution in [3.05, 3.63) is 77.9 Å². The standard InChI is InChI=1S/C22H25N3O2/c1-17(2)16-20(24-21(26)19-13-7-4-8-14-19)22(27)25-23-15-9-12-18-10-5-3-6-11-18/h3-15,17,20H,16H2,1-2H3,(H,24,26)(H,25,27)/b12-9-,23-15-/t20-/m1/s1. The molecule has 2 aromatic rings. The second-order valence-electron chi connectivity index (χ2n) is 6.55. The lowest BCUT2D eigenvalue weighted by Gasteiger charge is -2.18. The first-order chi connectivity index (χ1) is 13.1. The number of amides is 2. The molecule has 5 heteroatoms. The molecule has 140 valence electrons. The van der Waals surface area contributed by atoms with Gasteiger partial charge in [-0.1, -0.05) is 68.5 Å². The van der Waals surface area contributed by atoms with Crippen molar-refractivity contribution in [2.45, 2.75) is 26.3 Å². The molecule has 0 aliphatic carbocycles. The molecule has 2 rings (SSSR count). The van der Waals surface area contributed by atoms with E-state index < -0.39 is 6.04 Å². The van der Waals surface area contributed by atoms with Crippen molar-refractivity contribution in [2.75, 3.05) is 0 Å². The Morgan fingerprint density at radius 2 is 1.63 bits per heavy atom. The molecule has 0 spiro atoms. The maximum absolute atomic E-state index is 12.4. The van der Waals surface area contributed by atoms with Crippen LogP contribution in [0.15, 0.2) is 71.8 Å². The average Bonchev–Trinajstić information content (AvgIpc) is 2.68. The Kier molecular flexibility index (Phi) is 7.97. The van der Waals surface area contributed by atoms with Gasteiger partial charge in [0, 0.05) is 11.8 Å². The van der Waals surface area contributed by atoms with Crippen LogP contribution in [0.25, 0.3) is 6.08 Å². The summed E-state index contributed by atoms with van der Waals surface area (Å²) in [6.07, 6.45) is 5.67. The van der Waals surface area contributed by atoms with Crippen LogP contribution in [0.3, 0.4) is 0 Å². The lowest BCUT2D eigenvalue weighted by molar-refractivity contribution is -0.123. The van der Waals surface area contributed by atoms with Gasteiger partial charge >= 0.3 is 0 Å². The van der Waals surface area contributed by atoms with E-state index in [4.69, 9.17) is 0 Å². The minimum Gasteiger partial charge on any atom is -0.340 e. The molecule has 0 radical (unpaired) electrons. The van der Waals surface area contributed by atoms with Crippen LogP contribution < -0.4 is 10.7 Å². The number of hydrogen-bond acceptors (Lipinski definition) is 3. The molecule has 0 saturated carbocycles. The van der Waals surface area contributed by atoms with E-state index in [0.29, 0.717) is 12.0 Å². The first-order valence-corrected chi connectivity index (χ1v) is 8.97. The fourth-order valence-corrected chi connectivity index (χ4v) is 2.47. The zero-order valence-electron chi connectivity index (χ0n) is 15.6. The predicted octanol–water partition coefficient (Wildman–Crippen LogP) is 3.65. The van der Waals surface area contributed by atoms with Gasteiger partial charge < -0.3 is 5.32 Å². The van der Waals surface area contributed by atoms with Gasteiger partial charge in [0.15, 0.2) is 0 Å². The molecule has 0 aliphatic rings. The molecule has 2 aromatic carbocycles. The Balaban J connectivity index is 1.92. The van der Waals surface area contributed by atoms with Gasteiger partial charge in [-0.25, -0.2) is 5.43 Å². The van der Waals surface area contributed by atoms with Crippen LogP contribution in [0.5, 0.6) is 0 Å². The van der Waals surface area contributed by atoms with Crippen LogP contribution >= 0.6 is 0 Å². The summed E-state index contributed by atoms with van der Waals surface area (Å²) in [5.74, 6) is -0.361. The van der Waals surface area contributed by atoms with E-state index in [2.05, 4.69) is 15.8 Å². The third kappa shape index (κ3) is 7.28. The molecule has 5 nitrogen and oxygen atoms in total. The summed E-state index contributed by atoms with van der Waals surface area (Å²) >= 11 is 0.